The molecule has 0 aliphatic rings. The smallest absolute Gasteiger partial charge is 0.302 e. The summed E-state index contributed by atoms with van der Waals surface area (Å²) in [5, 5.41) is 0. The molecule has 0 atom stereocenters. The molecular formula is C20H40O9. The lowest BCUT2D eigenvalue weighted by Gasteiger charge is -2.09. The number of hydrogen-bond acceptors (Lipinski definition) is 9. The Morgan fingerprint density at radius 3 is 1.07 bits per heavy atom. The fourth-order valence-corrected chi connectivity index (χ4v) is 1.88. The summed E-state index contributed by atoms with van der Waals surface area (Å²) in [6.07, 6.45) is 0. The summed E-state index contributed by atoms with van der Waals surface area (Å²) < 4.78 is 42.3. The quantitative estimate of drug-likeness (QED) is 0.178. The Labute approximate surface area is 175 Å². The SMILES string of the molecule is CC(=O)OCCOCCOCCOCCOCCOCCOCCOCC(C)C. The zero-order valence-electron chi connectivity index (χ0n) is 18.4. The maximum atomic E-state index is 10.5. The van der Waals surface area contributed by atoms with Gasteiger partial charge in [0.25, 0.3) is 0 Å². The van der Waals surface area contributed by atoms with Gasteiger partial charge in [-0.15, -0.1) is 0 Å². The summed E-state index contributed by atoms with van der Waals surface area (Å²) >= 11 is 0. The summed E-state index contributed by atoms with van der Waals surface area (Å²) in [6, 6.07) is 0. The molecule has 0 aliphatic carbocycles. The Balaban J connectivity index is 3.01. The standard InChI is InChI=1S/C20H40O9/c1-19(2)18-28-15-14-26-11-10-24-7-6-22-4-5-23-8-9-25-12-13-27-16-17-29-20(3)21/h19H,4-18H2,1-3H3. The fraction of sp³-hybridized carbons (Fsp3) is 0.950. The summed E-state index contributed by atoms with van der Waals surface area (Å²) in [7, 11) is 0. The minimum atomic E-state index is -0.303. The first-order valence-electron chi connectivity index (χ1n) is 10.3. The third-order valence-corrected chi connectivity index (χ3v) is 3.22. The highest BCUT2D eigenvalue weighted by atomic mass is 16.6. The Kier molecular flexibility index (Phi) is 22.8. The average Bonchev–Trinajstić information content (AvgIpc) is 2.68. The molecule has 0 saturated heterocycles. The van der Waals surface area contributed by atoms with E-state index in [1.165, 1.54) is 6.92 Å². The van der Waals surface area contributed by atoms with Crippen molar-refractivity contribution in [3.63, 3.8) is 0 Å². The molecule has 174 valence electrons. The molecule has 0 rings (SSSR count). The van der Waals surface area contributed by atoms with Gasteiger partial charge in [0.1, 0.15) is 6.61 Å². The largest absolute Gasteiger partial charge is 0.463 e. The molecule has 9 heteroatoms. The molecule has 0 heterocycles. The van der Waals surface area contributed by atoms with Crippen molar-refractivity contribution < 1.29 is 42.7 Å². The van der Waals surface area contributed by atoms with Crippen LogP contribution in [-0.4, -0.2) is 105 Å². The minimum absolute atomic E-state index is 0.269. The van der Waals surface area contributed by atoms with Crippen LogP contribution in [0, 0.1) is 5.92 Å². The van der Waals surface area contributed by atoms with E-state index in [-0.39, 0.29) is 12.6 Å². The summed E-state index contributed by atoms with van der Waals surface area (Å²) in [5.41, 5.74) is 0. The Bertz CT molecular complexity index is 340. The molecule has 0 saturated carbocycles. The number of carbonyl (C=O) groups excluding carboxylic acids is 1. The first-order chi connectivity index (χ1) is 14.1. The lowest BCUT2D eigenvalue weighted by atomic mass is 10.2. The summed E-state index contributed by atoms with van der Waals surface area (Å²) in [5.74, 6) is 0.247. The topological polar surface area (TPSA) is 90.9 Å². The third-order valence-electron chi connectivity index (χ3n) is 3.22. The van der Waals surface area contributed by atoms with Crippen LogP contribution < -0.4 is 0 Å². The van der Waals surface area contributed by atoms with E-state index < -0.39 is 0 Å². The van der Waals surface area contributed by atoms with Crippen LogP contribution in [0.5, 0.6) is 0 Å². The van der Waals surface area contributed by atoms with Gasteiger partial charge in [-0.2, -0.15) is 0 Å². The van der Waals surface area contributed by atoms with E-state index >= 15 is 0 Å². The molecule has 9 nitrogen and oxygen atoms in total. The van der Waals surface area contributed by atoms with Crippen molar-refractivity contribution in [2.75, 3.05) is 99.1 Å². The van der Waals surface area contributed by atoms with Crippen LogP contribution in [0.25, 0.3) is 0 Å². The number of esters is 1. The van der Waals surface area contributed by atoms with Gasteiger partial charge in [-0.1, -0.05) is 13.8 Å². The van der Waals surface area contributed by atoms with E-state index in [2.05, 4.69) is 13.8 Å². The molecule has 0 fully saturated rings. The maximum Gasteiger partial charge on any atom is 0.302 e. The molecule has 0 radical (unpaired) electrons. The highest BCUT2D eigenvalue weighted by Crippen LogP contribution is 1.92. The average molecular weight is 425 g/mol. The van der Waals surface area contributed by atoms with Gasteiger partial charge in [-0.3, -0.25) is 4.79 Å². The lowest BCUT2D eigenvalue weighted by Crippen LogP contribution is -2.15. The maximum absolute atomic E-state index is 10.5. The first kappa shape index (κ1) is 28.2. The molecule has 0 spiro atoms. The van der Waals surface area contributed by atoms with E-state index in [1.54, 1.807) is 0 Å². The van der Waals surface area contributed by atoms with E-state index in [0.717, 1.165) is 6.61 Å². The molecule has 0 bridgehead atoms. The summed E-state index contributed by atoms with van der Waals surface area (Å²) in [6.45, 7) is 13.4. The minimum Gasteiger partial charge on any atom is -0.463 e. The highest BCUT2D eigenvalue weighted by Gasteiger charge is 1.96. The molecule has 0 unspecified atom stereocenters. The van der Waals surface area contributed by atoms with Crippen molar-refractivity contribution in [3.8, 4) is 0 Å². The first-order valence-corrected chi connectivity index (χ1v) is 10.3. The Morgan fingerprint density at radius 2 is 0.793 bits per heavy atom. The fourth-order valence-electron chi connectivity index (χ4n) is 1.88. The van der Waals surface area contributed by atoms with E-state index in [0.29, 0.717) is 91.8 Å². The van der Waals surface area contributed by atoms with Crippen LogP contribution in [0.15, 0.2) is 0 Å². The Morgan fingerprint density at radius 1 is 0.517 bits per heavy atom. The number of rotatable bonds is 23. The monoisotopic (exact) mass is 424 g/mol. The second kappa shape index (κ2) is 23.5. The number of carbonyl (C=O) groups is 1. The van der Waals surface area contributed by atoms with Gasteiger partial charge in [0.15, 0.2) is 0 Å². The Hall–Kier alpha value is -0.810. The van der Waals surface area contributed by atoms with Gasteiger partial charge in [0.2, 0.25) is 0 Å². The van der Waals surface area contributed by atoms with Gasteiger partial charge in [-0.05, 0) is 5.92 Å². The predicted octanol–water partition coefficient (Wildman–Crippen LogP) is 1.32. The van der Waals surface area contributed by atoms with Crippen LogP contribution in [0.4, 0.5) is 0 Å². The van der Waals surface area contributed by atoms with Gasteiger partial charge in [-0.25, -0.2) is 0 Å². The van der Waals surface area contributed by atoms with Crippen molar-refractivity contribution in [1.82, 2.24) is 0 Å². The van der Waals surface area contributed by atoms with Crippen LogP contribution in [0.1, 0.15) is 20.8 Å². The number of hydrogen-bond donors (Lipinski definition) is 0. The van der Waals surface area contributed by atoms with E-state index in [1.807, 2.05) is 0 Å². The molecule has 29 heavy (non-hydrogen) atoms. The van der Waals surface area contributed by atoms with E-state index in [9.17, 15) is 4.79 Å². The van der Waals surface area contributed by atoms with Crippen molar-refractivity contribution >= 4 is 5.97 Å². The van der Waals surface area contributed by atoms with Crippen LogP contribution in [-0.2, 0) is 42.7 Å². The van der Waals surface area contributed by atoms with Crippen molar-refractivity contribution in [3.05, 3.63) is 0 Å². The summed E-state index contributed by atoms with van der Waals surface area (Å²) in [4.78, 5) is 10.5. The van der Waals surface area contributed by atoms with Crippen molar-refractivity contribution in [2.45, 2.75) is 20.8 Å². The zero-order chi connectivity index (χ0) is 21.4. The second-order valence-electron chi connectivity index (χ2n) is 6.48. The predicted molar refractivity (Wildman–Crippen MR) is 107 cm³/mol. The highest BCUT2D eigenvalue weighted by molar-refractivity contribution is 5.65. The molecule has 0 aromatic rings. The third kappa shape index (κ3) is 27.2. The molecule has 0 aliphatic heterocycles. The molecule has 0 aromatic heterocycles. The van der Waals surface area contributed by atoms with Gasteiger partial charge in [0, 0.05) is 13.5 Å². The molecule has 0 aromatic carbocycles. The normalized spacial score (nSPS) is 11.3. The van der Waals surface area contributed by atoms with Crippen molar-refractivity contribution in [2.24, 2.45) is 5.92 Å². The second-order valence-corrected chi connectivity index (χ2v) is 6.48. The zero-order valence-corrected chi connectivity index (χ0v) is 18.4. The van der Waals surface area contributed by atoms with Crippen LogP contribution >= 0.6 is 0 Å². The van der Waals surface area contributed by atoms with Crippen molar-refractivity contribution in [1.29, 1.82) is 0 Å². The van der Waals surface area contributed by atoms with Crippen LogP contribution in [0.2, 0.25) is 0 Å². The molecule has 0 N–H and O–H groups in total. The van der Waals surface area contributed by atoms with E-state index in [4.69, 9.17) is 37.9 Å². The van der Waals surface area contributed by atoms with Gasteiger partial charge >= 0.3 is 5.97 Å². The van der Waals surface area contributed by atoms with Gasteiger partial charge in [0.05, 0.1) is 85.9 Å². The molecule has 0 amide bonds. The number of ether oxygens (including phenoxy) is 8. The lowest BCUT2D eigenvalue weighted by molar-refractivity contribution is -0.142. The van der Waals surface area contributed by atoms with Crippen LogP contribution in [0.3, 0.4) is 0 Å². The molecular weight excluding hydrogens is 384 g/mol. The van der Waals surface area contributed by atoms with Gasteiger partial charge < -0.3 is 37.9 Å².